The van der Waals surface area contributed by atoms with E-state index in [2.05, 4.69) is 0 Å². The van der Waals surface area contributed by atoms with Crippen LogP contribution in [0.4, 0.5) is 0 Å². The second-order valence-corrected chi connectivity index (χ2v) is 3.19. The average Bonchev–Trinajstić information content (AvgIpc) is 2.50. The Morgan fingerprint density at radius 2 is 2.45 bits per heavy atom. The number of benzene rings is 1. The molecular weight excluding hydrogens is 160 g/mol. The first-order chi connectivity index (χ1) is 5.40. The van der Waals surface area contributed by atoms with Crippen LogP contribution in [0.3, 0.4) is 0 Å². The summed E-state index contributed by atoms with van der Waals surface area (Å²) >= 11 is 1.62. The van der Waals surface area contributed by atoms with Crippen molar-refractivity contribution in [2.24, 2.45) is 0 Å². The number of ether oxygens (including phenoxy) is 1. The highest BCUT2D eigenvalue weighted by Crippen LogP contribution is 2.35. The second kappa shape index (κ2) is 2.58. The van der Waals surface area contributed by atoms with Gasteiger partial charge in [0.2, 0.25) is 0 Å². The Labute approximate surface area is 68.6 Å². The minimum atomic E-state index is 0.664. The van der Waals surface area contributed by atoms with E-state index >= 15 is 0 Å². The fourth-order valence-electron chi connectivity index (χ4n) is 0.986. The first-order valence-electron chi connectivity index (χ1n) is 3.25. The Bertz CT molecular complexity index is 296. The number of hydrogen-bond acceptors (Lipinski definition) is 3. The summed E-state index contributed by atoms with van der Waals surface area (Å²) in [5, 5.41) is 0. The van der Waals surface area contributed by atoms with Crippen LogP contribution in [0.2, 0.25) is 0 Å². The largest absolute Gasteiger partial charge is 0.481 e. The predicted molar refractivity (Wildman–Crippen MR) is 43.2 cm³/mol. The molecule has 3 heteroatoms. The molecule has 0 bridgehead atoms. The molecule has 0 aromatic heterocycles. The van der Waals surface area contributed by atoms with E-state index in [1.54, 1.807) is 17.8 Å². The molecule has 1 aromatic rings. The van der Waals surface area contributed by atoms with Crippen LogP contribution in [-0.4, -0.2) is 12.2 Å². The average molecular weight is 166 g/mol. The fourth-order valence-corrected chi connectivity index (χ4v) is 1.79. The molecular formula is C8H6O2S. The molecule has 11 heavy (non-hydrogen) atoms. The molecule has 0 saturated heterocycles. The quantitative estimate of drug-likeness (QED) is 0.596. The van der Waals surface area contributed by atoms with Gasteiger partial charge >= 0.3 is 0 Å². The monoisotopic (exact) mass is 166 g/mol. The zero-order valence-corrected chi connectivity index (χ0v) is 6.56. The highest BCUT2D eigenvalue weighted by Gasteiger charge is 2.11. The number of carbonyl (C=O) groups is 1. The molecule has 1 aromatic carbocycles. The van der Waals surface area contributed by atoms with Crippen LogP contribution in [-0.2, 0) is 0 Å². The van der Waals surface area contributed by atoms with Crippen molar-refractivity contribution in [2.45, 2.75) is 4.90 Å². The van der Waals surface area contributed by atoms with E-state index < -0.39 is 0 Å². The van der Waals surface area contributed by atoms with Gasteiger partial charge in [0, 0.05) is 5.56 Å². The maximum atomic E-state index is 10.4. The molecule has 0 fully saturated rings. The van der Waals surface area contributed by atoms with Gasteiger partial charge in [0.1, 0.15) is 18.0 Å². The van der Waals surface area contributed by atoms with Crippen LogP contribution in [0, 0.1) is 0 Å². The van der Waals surface area contributed by atoms with Crippen molar-refractivity contribution in [3.63, 3.8) is 0 Å². The summed E-state index contributed by atoms with van der Waals surface area (Å²) in [6.45, 7) is 0. The summed E-state index contributed by atoms with van der Waals surface area (Å²) in [6.07, 6.45) is 0.846. The Morgan fingerprint density at radius 3 is 3.27 bits per heavy atom. The number of thioether (sulfide) groups is 1. The number of aldehydes is 1. The Morgan fingerprint density at radius 1 is 1.55 bits per heavy atom. The molecule has 0 saturated carbocycles. The van der Waals surface area contributed by atoms with E-state index in [4.69, 9.17) is 4.74 Å². The van der Waals surface area contributed by atoms with Crippen molar-refractivity contribution in [1.82, 2.24) is 0 Å². The third-order valence-electron chi connectivity index (χ3n) is 1.53. The first-order valence-corrected chi connectivity index (χ1v) is 4.23. The molecule has 0 N–H and O–H groups in total. The highest BCUT2D eigenvalue weighted by molar-refractivity contribution is 7.99. The summed E-state index contributed by atoms with van der Waals surface area (Å²) in [4.78, 5) is 11.4. The lowest BCUT2D eigenvalue weighted by molar-refractivity contribution is 0.112. The van der Waals surface area contributed by atoms with Crippen molar-refractivity contribution in [3.05, 3.63) is 23.8 Å². The predicted octanol–water partition coefficient (Wildman–Crippen LogP) is 1.94. The molecule has 0 radical (unpaired) electrons. The summed E-state index contributed by atoms with van der Waals surface area (Å²) in [5.74, 6) is 1.55. The summed E-state index contributed by atoms with van der Waals surface area (Å²) in [5.41, 5.74) is 0.710. The molecule has 56 valence electrons. The van der Waals surface area contributed by atoms with Gasteiger partial charge in [-0.1, -0.05) is 11.8 Å². The van der Waals surface area contributed by atoms with Gasteiger partial charge in [0.15, 0.2) is 0 Å². The van der Waals surface area contributed by atoms with Crippen LogP contribution >= 0.6 is 11.8 Å². The van der Waals surface area contributed by atoms with Gasteiger partial charge in [-0.15, -0.1) is 0 Å². The Hall–Kier alpha value is -0.960. The lowest BCUT2D eigenvalue weighted by atomic mass is 10.2. The number of rotatable bonds is 1. The van der Waals surface area contributed by atoms with E-state index in [0.29, 0.717) is 11.5 Å². The van der Waals surface area contributed by atoms with Crippen molar-refractivity contribution in [1.29, 1.82) is 0 Å². The number of carbonyl (C=O) groups excluding carboxylic acids is 1. The maximum absolute atomic E-state index is 10.4. The standard InChI is InChI=1S/C8H6O2S/c9-4-6-1-2-7-8(3-6)11-5-10-7/h1-4H,5H2. The molecule has 0 atom stereocenters. The normalized spacial score (nSPS) is 13.8. The van der Waals surface area contributed by atoms with Crippen molar-refractivity contribution in [3.8, 4) is 5.75 Å². The van der Waals surface area contributed by atoms with Crippen molar-refractivity contribution in [2.75, 3.05) is 5.94 Å². The van der Waals surface area contributed by atoms with Crippen LogP contribution in [0.25, 0.3) is 0 Å². The first kappa shape index (κ1) is 6.73. The van der Waals surface area contributed by atoms with Gasteiger partial charge in [0.25, 0.3) is 0 Å². The summed E-state index contributed by atoms with van der Waals surface area (Å²) < 4.78 is 5.24. The lowest BCUT2D eigenvalue weighted by Crippen LogP contribution is -1.83. The van der Waals surface area contributed by atoms with E-state index in [0.717, 1.165) is 16.9 Å². The van der Waals surface area contributed by atoms with Gasteiger partial charge in [-0.2, -0.15) is 0 Å². The lowest BCUT2D eigenvalue weighted by Gasteiger charge is -1.95. The molecule has 2 rings (SSSR count). The smallest absolute Gasteiger partial charge is 0.150 e. The summed E-state index contributed by atoms with van der Waals surface area (Å²) in [7, 11) is 0. The van der Waals surface area contributed by atoms with Gasteiger partial charge in [-0.3, -0.25) is 4.79 Å². The molecule has 0 spiro atoms. The fraction of sp³-hybridized carbons (Fsp3) is 0.125. The minimum Gasteiger partial charge on any atom is -0.481 e. The van der Waals surface area contributed by atoms with Gasteiger partial charge in [-0.05, 0) is 18.2 Å². The molecule has 0 aliphatic carbocycles. The van der Waals surface area contributed by atoms with Gasteiger partial charge in [-0.25, -0.2) is 0 Å². The summed E-state index contributed by atoms with van der Waals surface area (Å²) in [6, 6.07) is 5.44. The zero-order valence-electron chi connectivity index (χ0n) is 5.74. The van der Waals surface area contributed by atoms with E-state index in [1.807, 2.05) is 12.1 Å². The van der Waals surface area contributed by atoms with E-state index in [-0.39, 0.29) is 0 Å². The third-order valence-corrected chi connectivity index (χ3v) is 2.40. The zero-order chi connectivity index (χ0) is 7.68. The Kier molecular flexibility index (Phi) is 1.58. The van der Waals surface area contributed by atoms with Crippen LogP contribution < -0.4 is 4.74 Å². The Balaban J connectivity index is 2.48. The molecule has 1 heterocycles. The highest BCUT2D eigenvalue weighted by atomic mass is 32.2. The second-order valence-electron chi connectivity index (χ2n) is 2.23. The number of fused-ring (bicyclic) bond motifs is 1. The topological polar surface area (TPSA) is 26.3 Å². The van der Waals surface area contributed by atoms with Crippen molar-refractivity contribution >= 4 is 18.0 Å². The van der Waals surface area contributed by atoms with E-state index in [1.165, 1.54) is 0 Å². The van der Waals surface area contributed by atoms with Crippen LogP contribution in [0.5, 0.6) is 5.75 Å². The molecule has 0 amide bonds. The van der Waals surface area contributed by atoms with Crippen molar-refractivity contribution < 1.29 is 9.53 Å². The third kappa shape index (κ3) is 1.12. The van der Waals surface area contributed by atoms with Crippen LogP contribution in [0.1, 0.15) is 10.4 Å². The molecule has 1 aliphatic heterocycles. The maximum Gasteiger partial charge on any atom is 0.150 e. The molecule has 2 nitrogen and oxygen atoms in total. The van der Waals surface area contributed by atoms with E-state index in [9.17, 15) is 4.79 Å². The van der Waals surface area contributed by atoms with Gasteiger partial charge < -0.3 is 4.74 Å². The minimum absolute atomic E-state index is 0.664. The van der Waals surface area contributed by atoms with Gasteiger partial charge in [0.05, 0.1) is 4.90 Å². The molecule has 0 unspecified atom stereocenters. The SMILES string of the molecule is O=Cc1ccc2c(c1)SCO2. The van der Waals surface area contributed by atoms with Crippen LogP contribution in [0.15, 0.2) is 23.1 Å². The number of hydrogen-bond donors (Lipinski definition) is 0. The molecule has 1 aliphatic rings.